The van der Waals surface area contributed by atoms with Gasteiger partial charge in [-0.15, -0.1) is 0 Å². The first-order chi connectivity index (χ1) is 19.6. The van der Waals surface area contributed by atoms with Crippen molar-refractivity contribution in [1.29, 1.82) is 0 Å². The van der Waals surface area contributed by atoms with Crippen LogP contribution in [-0.4, -0.2) is 19.5 Å². The predicted octanol–water partition coefficient (Wildman–Crippen LogP) is 11.5. The molecule has 232 valence electrons. The van der Waals surface area contributed by atoms with Crippen LogP contribution in [-0.2, 0) is 11.2 Å². The van der Waals surface area contributed by atoms with E-state index < -0.39 is 0 Å². The van der Waals surface area contributed by atoms with Crippen LogP contribution in [0.1, 0.15) is 143 Å². The maximum absolute atomic E-state index is 6.43. The molecule has 1 aliphatic carbocycles. The van der Waals surface area contributed by atoms with E-state index in [-0.39, 0.29) is 11.7 Å². The van der Waals surface area contributed by atoms with Crippen molar-refractivity contribution in [2.75, 3.05) is 13.2 Å². The Morgan fingerprint density at radius 1 is 0.805 bits per heavy atom. The normalized spacial score (nSPS) is 16.3. The third kappa shape index (κ3) is 14.1. The van der Waals surface area contributed by atoms with Crippen LogP contribution in [0.2, 0.25) is 0 Å². The van der Waals surface area contributed by atoms with Gasteiger partial charge >= 0.3 is 0 Å². The second kappa shape index (κ2) is 18.5. The van der Waals surface area contributed by atoms with Gasteiger partial charge in [-0.1, -0.05) is 112 Å². The van der Waals surface area contributed by atoms with Crippen LogP contribution >= 0.6 is 0 Å². The molecule has 0 N–H and O–H groups in total. The Morgan fingerprint density at radius 3 is 1.98 bits per heavy atom. The van der Waals surface area contributed by atoms with Crippen molar-refractivity contribution in [3.8, 4) is 11.5 Å². The molecule has 2 aromatic carbocycles. The van der Waals surface area contributed by atoms with Gasteiger partial charge in [0.25, 0.3) is 0 Å². The molecule has 3 nitrogen and oxygen atoms in total. The van der Waals surface area contributed by atoms with E-state index in [1.807, 2.05) is 0 Å². The average Bonchev–Trinajstić information content (AvgIpc) is 2.94. The third-order valence-electron chi connectivity index (χ3n) is 8.21. The van der Waals surface area contributed by atoms with Gasteiger partial charge in [0.2, 0.25) is 0 Å². The van der Waals surface area contributed by atoms with Gasteiger partial charge in [0, 0.05) is 6.42 Å². The molecule has 0 amide bonds. The van der Waals surface area contributed by atoms with Gasteiger partial charge in [-0.3, -0.25) is 0 Å². The Balaban J connectivity index is 0.00000187. The number of ether oxygens (including phenoxy) is 3. The number of benzene rings is 2. The Bertz CT molecular complexity index is 919. The first kappa shape index (κ1) is 35.2. The molecule has 1 aliphatic rings. The van der Waals surface area contributed by atoms with Gasteiger partial charge < -0.3 is 14.2 Å². The number of hydrogen-bond donors (Lipinski definition) is 0. The summed E-state index contributed by atoms with van der Waals surface area (Å²) in [6.45, 7) is 19.1. The molecule has 2 unspecified atom stereocenters. The molecule has 1 fully saturated rings. The lowest BCUT2D eigenvalue weighted by Crippen LogP contribution is -2.32. The Labute approximate surface area is 253 Å². The average molecular weight is 567 g/mol. The van der Waals surface area contributed by atoms with Crippen LogP contribution in [0, 0.1) is 10.8 Å². The smallest absolute Gasteiger partial charge is 0.200 e. The maximum atomic E-state index is 6.43. The zero-order valence-electron chi connectivity index (χ0n) is 27.9. The molecule has 41 heavy (non-hydrogen) atoms. The fourth-order valence-corrected chi connectivity index (χ4v) is 5.68. The molecule has 3 rings (SSSR count). The molecule has 3 heteroatoms. The highest BCUT2D eigenvalue weighted by Gasteiger charge is 2.31. The Hall–Kier alpha value is -2.00. The summed E-state index contributed by atoms with van der Waals surface area (Å²) in [6, 6.07) is 17.3. The minimum Gasteiger partial charge on any atom is -0.491 e. The summed E-state index contributed by atoms with van der Waals surface area (Å²) in [5.74, 6) is 2.44. The topological polar surface area (TPSA) is 27.7 Å². The van der Waals surface area contributed by atoms with Crippen LogP contribution in [0.25, 0.3) is 0 Å². The highest BCUT2D eigenvalue weighted by Crippen LogP contribution is 2.40. The number of rotatable bonds is 15. The van der Waals surface area contributed by atoms with E-state index in [1.165, 1.54) is 75.3 Å². The van der Waals surface area contributed by atoms with E-state index >= 15 is 0 Å². The highest BCUT2D eigenvalue weighted by molar-refractivity contribution is 5.29. The molecular weight excluding hydrogens is 504 g/mol. The van der Waals surface area contributed by atoms with E-state index in [2.05, 4.69) is 104 Å². The van der Waals surface area contributed by atoms with Gasteiger partial charge in [0.15, 0.2) is 6.29 Å². The van der Waals surface area contributed by atoms with E-state index in [0.717, 1.165) is 24.3 Å². The second-order valence-electron chi connectivity index (χ2n) is 13.7. The Kier molecular flexibility index (Phi) is 15.9. The van der Waals surface area contributed by atoms with E-state index in [4.69, 9.17) is 14.2 Å². The van der Waals surface area contributed by atoms with Crippen molar-refractivity contribution in [2.24, 2.45) is 10.8 Å². The summed E-state index contributed by atoms with van der Waals surface area (Å²) in [6.07, 6.45) is 14.3. The minimum absolute atomic E-state index is 0.260. The van der Waals surface area contributed by atoms with Crippen molar-refractivity contribution in [2.45, 2.75) is 145 Å². The van der Waals surface area contributed by atoms with Gasteiger partial charge in [-0.05, 0) is 90.7 Å². The minimum atomic E-state index is -0.260. The molecular formula is C38H62O3. The second-order valence-corrected chi connectivity index (χ2v) is 13.7. The quantitative estimate of drug-likeness (QED) is 0.158. The van der Waals surface area contributed by atoms with Crippen LogP contribution in [0.3, 0.4) is 0 Å². The van der Waals surface area contributed by atoms with Gasteiger partial charge in [-0.25, -0.2) is 0 Å². The van der Waals surface area contributed by atoms with E-state index in [0.29, 0.717) is 24.5 Å². The molecule has 0 aromatic heterocycles. The molecule has 1 saturated carbocycles. The summed E-state index contributed by atoms with van der Waals surface area (Å²) in [4.78, 5) is 0. The SMILES string of the molecule is CCC.CCCC(CC)c1ccc(OCCOC(CC2(C)CCCCC2)Oc2ccc(CCC(C)(C)C)cc2)cc1. The van der Waals surface area contributed by atoms with Gasteiger partial charge in [-0.2, -0.15) is 0 Å². The highest BCUT2D eigenvalue weighted by atomic mass is 16.7. The summed E-state index contributed by atoms with van der Waals surface area (Å²) >= 11 is 0. The van der Waals surface area contributed by atoms with E-state index in [9.17, 15) is 0 Å². The zero-order valence-corrected chi connectivity index (χ0v) is 27.9. The van der Waals surface area contributed by atoms with Crippen molar-refractivity contribution in [1.82, 2.24) is 0 Å². The Morgan fingerprint density at radius 2 is 1.41 bits per heavy atom. The lowest BCUT2D eigenvalue weighted by molar-refractivity contribution is -0.112. The molecule has 0 aliphatic heterocycles. The summed E-state index contributed by atoms with van der Waals surface area (Å²) in [7, 11) is 0. The first-order valence-electron chi connectivity index (χ1n) is 16.7. The van der Waals surface area contributed by atoms with Crippen LogP contribution in [0.15, 0.2) is 48.5 Å². The van der Waals surface area contributed by atoms with Crippen molar-refractivity contribution >= 4 is 0 Å². The molecule has 0 radical (unpaired) electrons. The predicted molar refractivity (Wildman–Crippen MR) is 176 cm³/mol. The summed E-state index contributed by atoms with van der Waals surface area (Å²) < 4.78 is 18.8. The number of hydrogen-bond acceptors (Lipinski definition) is 3. The molecule has 0 heterocycles. The fourth-order valence-electron chi connectivity index (χ4n) is 5.68. The molecule has 2 atom stereocenters. The maximum Gasteiger partial charge on any atom is 0.200 e. The lowest BCUT2D eigenvalue weighted by Gasteiger charge is -2.36. The standard InChI is InChI=1S/C35H54O3.C3H8/c1-7-12-29(8-2)30-15-19-31(20-16-30)36-25-26-37-33(27-35(6)22-10-9-11-23-35)38-32-17-13-28(14-18-32)21-24-34(3,4)5;1-3-2/h13-20,29,33H,7-12,21-27H2,1-6H3;3H2,1-2H3. The molecule has 0 bridgehead atoms. The summed E-state index contributed by atoms with van der Waals surface area (Å²) in [5, 5.41) is 0. The summed E-state index contributed by atoms with van der Waals surface area (Å²) in [5.41, 5.74) is 3.40. The first-order valence-corrected chi connectivity index (χ1v) is 16.7. The van der Waals surface area contributed by atoms with Crippen LogP contribution < -0.4 is 9.47 Å². The largest absolute Gasteiger partial charge is 0.491 e. The molecule has 0 spiro atoms. The van der Waals surface area contributed by atoms with Crippen molar-refractivity contribution in [3.63, 3.8) is 0 Å². The number of aryl methyl sites for hydroxylation is 1. The van der Waals surface area contributed by atoms with E-state index in [1.54, 1.807) is 0 Å². The van der Waals surface area contributed by atoms with Crippen molar-refractivity contribution < 1.29 is 14.2 Å². The van der Waals surface area contributed by atoms with Crippen LogP contribution in [0.5, 0.6) is 11.5 Å². The van der Waals surface area contributed by atoms with Crippen LogP contribution in [0.4, 0.5) is 0 Å². The third-order valence-corrected chi connectivity index (χ3v) is 8.21. The monoisotopic (exact) mass is 566 g/mol. The molecule has 0 saturated heterocycles. The fraction of sp³-hybridized carbons (Fsp3) is 0.684. The van der Waals surface area contributed by atoms with Gasteiger partial charge in [0.1, 0.15) is 18.1 Å². The van der Waals surface area contributed by atoms with Crippen molar-refractivity contribution in [3.05, 3.63) is 59.7 Å². The zero-order chi connectivity index (χ0) is 30.1. The van der Waals surface area contributed by atoms with Gasteiger partial charge in [0.05, 0.1) is 6.61 Å². The lowest BCUT2D eigenvalue weighted by atomic mass is 9.73. The molecule has 2 aromatic rings.